The van der Waals surface area contributed by atoms with Gasteiger partial charge in [-0.2, -0.15) is 0 Å². The van der Waals surface area contributed by atoms with E-state index in [4.69, 9.17) is 4.84 Å². The second-order valence-corrected chi connectivity index (χ2v) is 5.19. The highest BCUT2D eigenvalue weighted by atomic mass is 19.1. The Labute approximate surface area is 111 Å². The predicted molar refractivity (Wildman–Crippen MR) is 71.3 cm³/mol. The van der Waals surface area contributed by atoms with Crippen LogP contribution in [-0.2, 0) is 11.3 Å². The molecule has 2 aliphatic heterocycles. The zero-order chi connectivity index (χ0) is 12.8. The summed E-state index contributed by atoms with van der Waals surface area (Å²) in [5, 5.41) is 1.96. The van der Waals surface area contributed by atoms with Crippen LogP contribution in [-0.4, -0.2) is 6.10 Å². The van der Waals surface area contributed by atoms with Crippen molar-refractivity contribution in [1.29, 1.82) is 0 Å². The first-order valence-corrected chi connectivity index (χ1v) is 6.60. The molecule has 2 aromatic carbocycles. The van der Waals surface area contributed by atoms with Crippen LogP contribution >= 0.6 is 0 Å². The average Bonchev–Trinajstić information content (AvgIpc) is 2.78. The summed E-state index contributed by atoms with van der Waals surface area (Å²) in [6.07, 6.45) is 1.92. The number of hydrogen-bond acceptors (Lipinski definition) is 2. The van der Waals surface area contributed by atoms with E-state index in [0.717, 1.165) is 24.1 Å². The van der Waals surface area contributed by atoms with Crippen molar-refractivity contribution in [2.24, 2.45) is 0 Å². The molecule has 3 heteroatoms. The fourth-order valence-electron chi connectivity index (χ4n) is 3.09. The van der Waals surface area contributed by atoms with Crippen molar-refractivity contribution in [3.05, 3.63) is 65.5 Å². The fraction of sp³-hybridized carbons (Fsp3) is 0.250. The summed E-state index contributed by atoms with van der Waals surface area (Å²) in [4.78, 5) is 5.94. The highest BCUT2D eigenvalue weighted by Gasteiger charge is 2.39. The first kappa shape index (κ1) is 11.0. The molecule has 19 heavy (non-hydrogen) atoms. The lowest BCUT2D eigenvalue weighted by atomic mass is 10.0. The molecule has 2 nitrogen and oxygen atoms in total. The molecule has 2 heterocycles. The SMILES string of the molecule is Fc1ccc2c(c1)C[C@H]1C[C@@H](c3ccccc3)N2O1. The van der Waals surface area contributed by atoms with E-state index in [0.29, 0.717) is 0 Å². The molecule has 0 radical (unpaired) electrons. The molecule has 0 amide bonds. The standard InChI is InChI=1S/C16H14FNO/c17-13-6-7-15-12(8-13)9-14-10-16(18(15)19-14)11-4-2-1-3-5-11/h1-8,14,16H,9-10H2/t14-,16-/m0/s1. The summed E-state index contributed by atoms with van der Waals surface area (Å²) in [6.45, 7) is 0. The summed E-state index contributed by atoms with van der Waals surface area (Å²) in [6, 6.07) is 15.5. The monoisotopic (exact) mass is 255 g/mol. The maximum absolute atomic E-state index is 13.3. The lowest BCUT2D eigenvalue weighted by Gasteiger charge is -2.30. The molecular formula is C16H14FNO. The molecule has 0 unspecified atom stereocenters. The van der Waals surface area contributed by atoms with E-state index in [1.807, 2.05) is 29.3 Å². The Bertz CT molecular complexity index is 613. The van der Waals surface area contributed by atoms with E-state index in [2.05, 4.69) is 12.1 Å². The summed E-state index contributed by atoms with van der Waals surface area (Å²) in [7, 11) is 0. The zero-order valence-electron chi connectivity index (χ0n) is 10.4. The third kappa shape index (κ3) is 1.73. The van der Waals surface area contributed by atoms with Gasteiger partial charge in [0.05, 0.1) is 17.8 Å². The third-order valence-electron chi connectivity index (χ3n) is 3.94. The topological polar surface area (TPSA) is 12.5 Å². The van der Waals surface area contributed by atoms with Gasteiger partial charge in [0.1, 0.15) is 5.82 Å². The molecule has 4 rings (SSSR count). The Morgan fingerprint density at radius 1 is 1.11 bits per heavy atom. The van der Waals surface area contributed by atoms with E-state index >= 15 is 0 Å². The van der Waals surface area contributed by atoms with Crippen LogP contribution in [0.25, 0.3) is 0 Å². The third-order valence-corrected chi connectivity index (χ3v) is 3.94. The predicted octanol–water partition coefficient (Wildman–Crippen LogP) is 3.63. The zero-order valence-corrected chi connectivity index (χ0v) is 10.4. The number of hydrogen-bond donors (Lipinski definition) is 0. The van der Waals surface area contributed by atoms with Crippen LogP contribution in [0.3, 0.4) is 0 Å². The Hall–Kier alpha value is -1.87. The summed E-state index contributed by atoms with van der Waals surface area (Å²) in [5.74, 6) is -0.169. The number of hydroxylamine groups is 1. The quantitative estimate of drug-likeness (QED) is 0.771. The average molecular weight is 255 g/mol. The number of fused-ring (bicyclic) bond motifs is 4. The molecule has 0 aromatic heterocycles. The van der Waals surface area contributed by atoms with Crippen molar-refractivity contribution >= 4 is 5.69 Å². The van der Waals surface area contributed by atoms with Gasteiger partial charge in [0.15, 0.2) is 0 Å². The molecule has 2 bridgehead atoms. The molecule has 1 fully saturated rings. The van der Waals surface area contributed by atoms with Gasteiger partial charge in [-0.1, -0.05) is 30.3 Å². The van der Waals surface area contributed by atoms with Gasteiger partial charge < -0.3 is 0 Å². The van der Waals surface area contributed by atoms with Crippen molar-refractivity contribution < 1.29 is 9.23 Å². The van der Waals surface area contributed by atoms with Crippen molar-refractivity contribution in [3.8, 4) is 0 Å². The molecule has 0 saturated carbocycles. The minimum absolute atomic E-state index is 0.166. The lowest BCUT2D eigenvalue weighted by molar-refractivity contribution is 0.0733. The molecule has 1 saturated heterocycles. The summed E-state index contributed by atoms with van der Waals surface area (Å²) >= 11 is 0. The molecule has 2 atom stereocenters. The van der Waals surface area contributed by atoms with Crippen molar-refractivity contribution in [2.75, 3.05) is 5.06 Å². The maximum atomic E-state index is 13.3. The largest absolute Gasteiger partial charge is 0.269 e. The number of benzene rings is 2. The Morgan fingerprint density at radius 2 is 1.95 bits per heavy atom. The van der Waals surface area contributed by atoms with Crippen LogP contribution in [0.2, 0.25) is 0 Å². The first-order valence-electron chi connectivity index (χ1n) is 6.60. The van der Waals surface area contributed by atoms with Crippen LogP contribution in [0.4, 0.5) is 10.1 Å². The first-order chi connectivity index (χ1) is 9.31. The van der Waals surface area contributed by atoms with Crippen LogP contribution in [0.5, 0.6) is 0 Å². The second-order valence-electron chi connectivity index (χ2n) is 5.19. The molecule has 0 aliphatic carbocycles. The lowest BCUT2D eigenvalue weighted by Crippen LogP contribution is -2.27. The molecule has 2 aliphatic rings. The van der Waals surface area contributed by atoms with Gasteiger partial charge in [-0.05, 0) is 29.3 Å². The van der Waals surface area contributed by atoms with E-state index in [1.54, 1.807) is 6.07 Å². The van der Waals surface area contributed by atoms with Gasteiger partial charge in [-0.25, -0.2) is 9.45 Å². The highest BCUT2D eigenvalue weighted by Crippen LogP contribution is 2.44. The normalized spacial score (nSPS) is 24.4. The van der Waals surface area contributed by atoms with Crippen LogP contribution in [0.15, 0.2) is 48.5 Å². The minimum atomic E-state index is -0.169. The highest BCUT2D eigenvalue weighted by molar-refractivity contribution is 5.56. The van der Waals surface area contributed by atoms with E-state index in [-0.39, 0.29) is 18.0 Å². The van der Waals surface area contributed by atoms with Gasteiger partial charge in [0.25, 0.3) is 0 Å². The number of rotatable bonds is 1. The van der Waals surface area contributed by atoms with Gasteiger partial charge in [0.2, 0.25) is 0 Å². The van der Waals surface area contributed by atoms with Crippen molar-refractivity contribution in [1.82, 2.24) is 0 Å². The minimum Gasteiger partial charge on any atom is -0.269 e. The van der Waals surface area contributed by atoms with Crippen LogP contribution in [0.1, 0.15) is 23.6 Å². The van der Waals surface area contributed by atoms with Crippen LogP contribution in [0, 0.1) is 5.82 Å². The smallest absolute Gasteiger partial charge is 0.123 e. The van der Waals surface area contributed by atoms with Crippen molar-refractivity contribution in [2.45, 2.75) is 25.0 Å². The number of halogens is 1. The molecule has 0 spiro atoms. The summed E-state index contributed by atoms with van der Waals surface area (Å²) < 4.78 is 13.3. The molecule has 0 N–H and O–H groups in total. The van der Waals surface area contributed by atoms with Gasteiger partial charge in [0, 0.05) is 12.8 Å². The van der Waals surface area contributed by atoms with E-state index < -0.39 is 0 Å². The van der Waals surface area contributed by atoms with E-state index in [1.165, 1.54) is 11.6 Å². The number of nitrogens with zero attached hydrogens (tertiary/aromatic N) is 1. The van der Waals surface area contributed by atoms with Crippen LogP contribution < -0.4 is 5.06 Å². The van der Waals surface area contributed by atoms with Crippen molar-refractivity contribution in [3.63, 3.8) is 0 Å². The summed E-state index contributed by atoms with van der Waals surface area (Å²) in [5.41, 5.74) is 3.31. The molecule has 96 valence electrons. The fourth-order valence-corrected chi connectivity index (χ4v) is 3.09. The second kappa shape index (κ2) is 4.07. The van der Waals surface area contributed by atoms with Gasteiger partial charge >= 0.3 is 0 Å². The van der Waals surface area contributed by atoms with Gasteiger partial charge in [-0.3, -0.25) is 4.84 Å². The molecule has 2 aromatic rings. The van der Waals surface area contributed by atoms with Gasteiger partial charge in [-0.15, -0.1) is 0 Å². The Morgan fingerprint density at radius 3 is 2.79 bits per heavy atom. The maximum Gasteiger partial charge on any atom is 0.123 e. The number of anilines is 1. The molecular weight excluding hydrogens is 241 g/mol. The Balaban J connectivity index is 1.77. The Kier molecular flexibility index (Phi) is 2.35. The van der Waals surface area contributed by atoms with E-state index in [9.17, 15) is 4.39 Å².